The maximum atomic E-state index is 11.2. The third-order valence-corrected chi connectivity index (χ3v) is 2.05. The molecule has 120 valence electrons. The average molecular weight is 397 g/mol. The van der Waals surface area contributed by atoms with E-state index in [1.54, 1.807) is 49.4 Å². The fraction of sp³-hybridized carbons (Fsp3) is 0.188. The Morgan fingerprint density at radius 3 is 2.12 bits per heavy atom. The van der Waals surface area contributed by atoms with Crippen LogP contribution in [0.25, 0.3) is 0 Å². The number of carboxylic acids is 1. The van der Waals surface area contributed by atoms with Crippen molar-refractivity contribution >= 4 is 55.6 Å². The molecule has 1 aromatic rings. The van der Waals surface area contributed by atoms with Crippen LogP contribution in [0, 0.1) is 0 Å². The van der Waals surface area contributed by atoms with Crippen molar-refractivity contribution < 1.29 is 111 Å². The molecule has 0 fully saturated rings. The Hall–Kier alpha value is 1.21. The van der Waals surface area contributed by atoms with Gasteiger partial charge in [0.2, 0.25) is 0 Å². The van der Waals surface area contributed by atoms with E-state index in [0.29, 0.717) is 5.56 Å². The Balaban J connectivity index is -0.0000000406. The number of carboxylic acid groups (broad SMARTS) is 1. The Labute approximate surface area is 242 Å². The quantitative estimate of drug-likeness (QED) is 0.194. The third-order valence-electron chi connectivity index (χ3n) is 2.05. The van der Waals surface area contributed by atoms with Gasteiger partial charge in [0, 0.05) is 12.5 Å². The van der Waals surface area contributed by atoms with E-state index in [4.69, 9.17) is 5.11 Å². The summed E-state index contributed by atoms with van der Waals surface area (Å²) < 4.78 is 4.51. The molecule has 5 nitrogen and oxygen atoms in total. The zero-order valence-corrected chi connectivity index (χ0v) is 22.0. The molecule has 1 N–H and O–H groups in total. The van der Waals surface area contributed by atoms with Crippen molar-refractivity contribution in [2.45, 2.75) is 20.3 Å². The summed E-state index contributed by atoms with van der Waals surface area (Å²) in [6.45, 7) is 3.47. The largest absolute Gasteiger partial charge is 2.00 e. The molecular formula is C16H22CaKNaO5. The number of benzene rings is 1. The van der Waals surface area contributed by atoms with E-state index in [1.165, 1.54) is 6.08 Å². The first-order valence-electron chi connectivity index (χ1n) is 6.33. The van der Waals surface area contributed by atoms with Crippen LogP contribution in [0.1, 0.15) is 36.3 Å². The van der Waals surface area contributed by atoms with Gasteiger partial charge in [-0.05, 0) is 19.1 Å². The summed E-state index contributed by atoms with van der Waals surface area (Å²) >= 11 is 0. The van der Waals surface area contributed by atoms with E-state index in [9.17, 15) is 14.4 Å². The molecule has 0 spiro atoms. The van der Waals surface area contributed by atoms with Crippen molar-refractivity contribution in [2.24, 2.45) is 0 Å². The van der Waals surface area contributed by atoms with Gasteiger partial charge in [-0.2, -0.15) is 0 Å². The van der Waals surface area contributed by atoms with Gasteiger partial charge >= 0.3 is 137 Å². The maximum absolute atomic E-state index is 11.2. The van der Waals surface area contributed by atoms with Gasteiger partial charge in [-0.15, -0.1) is 0 Å². The van der Waals surface area contributed by atoms with E-state index in [1.807, 2.05) is 6.92 Å². The standard InChI is InChI=1S/C10H10O3.C6H8O2.Ca.K.Na.4H/c1-2-9(11)13-10(12)8-6-4-3-5-7-8;1-2-3-4-5-6(7)8;;;;;;;/h3-7H,2H2,1H3;2-5H,1H3,(H,7,8);;;;;;;/q;;+2;2*+1;4*-1/b;3-2+,5-4+;;;;;;;. The van der Waals surface area contributed by atoms with E-state index < -0.39 is 17.9 Å². The van der Waals surface area contributed by atoms with Crippen LogP contribution in [0.5, 0.6) is 0 Å². The Morgan fingerprint density at radius 1 is 1.17 bits per heavy atom. The Bertz CT molecular complexity index is 549. The molecule has 0 atom stereocenters. The molecule has 24 heavy (non-hydrogen) atoms. The number of ether oxygens (including phenoxy) is 1. The second kappa shape index (κ2) is 22.2. The van der Waals surface area contributed by atoms with Crippen LogP contribution >= 0.6 is 0 Å². The molecule has 0 aliphatic carbocycles. The molecule has 0 amide bonds. The summed E-state index contributed by atoms with van der Waals surface area (Å²) in [4.78, 5) is 31.7. The van der Waals surface area contributed by atoms with Crippen LogP contribution in [-0.2, 0) is 14.3 Å². The zero-order chi connectivity index (χ0) is 16.1. The summed E-state index contributed by atoms with van der Waals surface area (Å²) in [6, 6.07) is 8.43. The monoisotopic (exact) mass is 396 g/mol. The number of rotatable bonds is 4. The normalized spacial score (nSPS) is 8.75. The van der Waals surface area contributed by atoms with Gasteiger partial charge in [-0.3, -0.25) is 4.79 Å². The SMILES string of the molecule is C/C=C/C=C/C(=O)O.CCC(=O)OC(=O)c1ccccc1.[Ca+2].[H-].[H-].[H-].[H-].[K+].[Na+]. The predicted octanol–water partition coefficient (Wildman–Crippen LogP) is -2.94. The van der Waals surface area contributed by atoms with Gasteiger partial charge in [0.05, 0.1) is 5.56 Å². The fourth-order valence-electron chi connectivity index (χ4n) is 1.06. The Kier molecular flexibility index (Phi) is 30.4. The van der Waals surface area contributed by atoms with Crippen LogP contribution in [0.4, 0.5) is 0 Å². The number of allylic oxidation sites excluding steroid dienone is 3. The molecule has 0 saturated heterocycles. The first-order valence-corrected chi connectivity index (χ1v) is 6.33. The zero-order valence-electron chi connectivity index (χ0n) is 18.7. The summed E-state index contributed by atoms with van der Waals surface area (Å²) in [7, 11) is 0. The molecule has 0 aliphatic rings. The van der Waals surface area contributed by atoms with Crippen molar-refractivity contribution in [1.29, 1.82) is 0 Å². The van der Waals surface area contributed by atoms with Crippen LogP contribution in [-0.4, -0.2) is 60.8 Å². The molecule has 1 aromatic carbocycles. The number of carbonyl (C=O) groups is 3. The average Bonchev–Trinajstić information content (AvgIpc) is 2.48. The molecule has 0 unspecified atom stereocenters. The number of hydrogen-bond acceptors (Lipinski definition) is 4. The smallest absolute Gasteiger partial charge is 1.00 e. The molecule has 0 bridgehead atoms. The molecule has 0 saturated carbocycles. The van der Waals surface area contributed by atoms with E-state index >= 15 is 0 Å². The number of aliphatic carboxylic acids is 1. The number of esters is 2. The van der Waals surface area contributed by atoms with E-state index in [-0.39, 0.29) is 131 Å². The van der Waals surface area contributed by atoms with Gasteiger partial charge < -0.3 is 15.5 Å². The second-order valence-electron chi connectivity index (χ2n) is 3.70. The summed E-state index contributed by atoms with van der Waals surface area (Å²) in [5, 5.41) is 8.02. The molecule has 1 rings (SSSR count). The molecule has 0 radical (unpaired) electrons. The van der Waals surface area contributed by atoms with Crippen LogP contribution < -0.4 is 80.9 Å². The van der Waals surface area contributed by atoms with E-state index in [2.05, 4.69) is 4.74 Å². The first-order chi connectivity index (χ1) is 10.0. The van der Waals surface area contributed by atoms with Crippen LogP contribution in [0.15, 0.2) is 54.6 Å². The molecule has 0 aliphatic heterocycles. The van der Waals surface area contributed by atoms with Gasteiger partial charge in [0.15, 0.2) is 0 Å². The molecule has 8 heteroatoms. The molecule has 0 heterocycles. The van der Waals surface area contributed by atoms with Gasteiger partial charge in [-0.25, -0.2) is 9.59 Å². The van der Waals surface area contributed by atoms with Gasteiger partial charge in [0.25, 0.3) is 0 Å². The number of carbonyl (C=O) groups excluding carboxylic acids is 2. The van der Waals surface area contributed by atoms with Crippen molar-refractivity contribution in [3.63, 3.8) is 0 Å². The van der Waals surface area contributed by atoms with Crippen molar-refractivity contribution in [3.05, 3.63) is 60.2 Å². The maximum Gasteiger partial charge on any atom is 2.00 e. The molecular weight excluding hydrogens is 374 g/mol. The minimum Gasteiger partial charge on any atom is -1.00 e. The van der Waals surface area contributed by atoms with Crippen molar-refractivity contribution in [3.8, 4) is 0 Å². The van der Waals surface area contributed by atoms with Crippen molar-refractivity contribution in [2.75, 3.05) is 0 Å². The Morgan fingerprint density at radius 2 is 1.71 bits per heavy atom. The minimum atomic E-state index is -0.914. The fourth-order valence-corrected chi connectivity index (χ4v) is 1.06. The first kappa shape index (κ1) is 32.8. The van der Waals surface area contributed by atoms with Crippen LogP contribution in [0.3, 0.4) is 0 Å². The minimum absolute atomic E-state index is 0. The number of hydrogen-bond donors (Lipinski definition) is 1. The summed E-state index contributed by atoms with van der Waals surface area (Å²) in [6.07, 6.45) is 6.19. The summed E-state index contributed by atoms with van der Waals surface area (Å²) in [5.41, 5.74) is 0.393. The van der Waals surface area contributed by atoms with Crippen LogP contribution in [0.2, 0.25) is 0 Å². The van der Waals surface area contributed by atoms with E-state index in [0.717, 1.165) is 6.08 Å². The van der Waals surface area contributed by atoms with Gasteiger partial charge in [-0.1, -0.05) is 43.4 Å². The van der Waals surface area contributed by atoms with Crippen molar-refractivity contribution in [1.82, 2.24) is 0 Å². The molecule has 0 aromatic heterocycles. The third kappa shape index (κ3) is 19.5. The predicted molar refractivity (Wildman–Crippen MR) is 88.9 cm³/mol. The topological polar surface area (TPSA) is 80.7 Å². The summed E-state index contributed by atoms with van der Waals surface area (Å²) in [5.74, 6) is -2.01. The van der Waals surface area contributed by atoms with Gasteiger partial charge in [0.1, 0.15) is 0 Å². The second-order valence-corrected chi connectivity index (χ2v) is 3.70.